The van der Waals surface area contributed by atoms with Gasteiger partial charge in [0.25, 0.3) is 0 Å². The van der Waals surface area contributed by atoms with Gasteiger partial charge in [-0.05, 0) is 37.1 Å². The van der Waals surface area contributed by atoms with Crippen LogP contribution in [0.3, 0.4) is 0 Å². The number of ether oxygens (including phenoxy) is 1. The first-order chi connectivity index (χ1) is 13.0. The average molecular weight is 416 g/mol. The second-order valence-electron chi connectivity index (χ2n) is 6.90. The van der Waals surface area contributed by atoms with Crippen LogP contribution in [0.4, 0.5) is 0 Å². The van der Waals surface area contributed by atoms with Gasteiger partial charge in [0.1, 0.15) is 0 Å². The van der Waals surface area contributed by atoms with E-state index in [0.29, 0.717) is 31.0 Å². The summed E-state index contributed by atoms with van der Waals surface area (Å²) in [5.41, 5.74) is 0. The SMILES string of the molecule is O=C(NCCN1CCOCC1)C1CCCN(S(=O)(=O)c2ccc(Cl)cc2)C1. The van der Waals surface area contributed by atoms with Crippen molar-refractivity contribution in [2.45, 2.75) is 17.7 Å². The molecule has 2 aliphatic heterocycles. The fourth-order valence-corrected chi connectivity index (χ4v) is 5.09. The predicted molar refractivity (Wildman–Crippen MR) is 103 cm³/mol. The molecule has 0 radical (unpaired) electrons. The van der Waals surface area contributed by atoms with Gasteiger partial charge in [0, 0.05) is 44.3 Å². The first-order valence-electron chi connectivity index (χ1n) is 9.30. The zero-order chi connectivity index (χ0) is 19.3. The van der Waals surface area contributed by atoms with Crippen molar-refractivity contribution in [3.8, 4) is 0 Å². The summed E-state index contributed by atoms with van der Waals surface area (Å²) < 4.78 is 32.4. The predicted octanol–water partition coefficient (Wildman–Crippen LogP) is 1.19. The van der Waals surface area contributed by atoms with E-state index in [-0.39, 0.29) is 23.3 Å². The molecule has 1 N–H and O–H groups in total. The summed E-state index contributed by atoms with van der Waals surface area (Å²) in [5.74, 6) is -0.384. The first-order valence-corrected chi connectivity index (χ1v) is 11.1. The van der Waals surface area contributed by atoms with E-state index in [2.05, 4.69) is 10.2 Å². The molecule has 0 aliphatic carbocycles. The van der Waals surface area contributed by atoms with E-state index in [1.807, 2.05) is 0 Å². The quantitative estimate of drug-likeness (QED) is 0.755. The molecular formula is C18H26ClN3O4S. The van der Waals surface area contributed by atoms with Gasteiger partial charge in [-0.2, -0.15) is 4.31 Å². The largest absolute Gasteiger partial charge is 0.379 e. The number of carbonyl (C=O) groups excluding carboxylic acids is 1. The van der Waals surface area contributed by atoms with Gasteiger partial charge >= 0.3 is 0 Å². The lowest BCUT2D eigenvalue weighted by molar-refractivity contribution is -0.126. The Morgan fingerprint density at radius 2 is 1.89 bits per heavy atom. The number of morpholine rings is 1. The van der Waals surface area contributed by atoms with Crippen LogP contribution in [-0.4, -0.2) is 76.0 Å². The fourth-order valence-electron chi connectivity index (χ4n) is 3.44. The Kier molecular flexibility index (Phi) is 7.10. The molecule has 0 spiro atoms. The van der Waals surface area contributed by atoms with Crippen molar-refractivity contribution in [3.63, 3.8) is 0 Å². The topological polar surface area (TPSA) is 79.0 Å². The highest BCUT2D eigenvalue weighted by Gasteiger charge is 2.33. The zero-order valence-electron chi connectivity index (χ0n) is 15.3. The molecule has 1 atom stereocenters. The molecule has 9 heteroatoms. The van der Waals surface area contributed by atoms with E-state index in [9.17, 15) is 13.2 Å². The Morgan fingerprint density at radius 3 is 2.59 bits per heavy atom. The minimum Gasteiger partial charge on any atom is -0.379 e. The highest BCUT2D eigenvalue weighted by Crippen LogP contribution is 2.24. The number of amides is 1. The highest BCUT2D eigenvalue weighted by atomic mass is 35.5. The molecule has 2 aliphatic rings. The summed E-state index contributed by atoms with van der Waals surface area (Å²) in [7, 11) is -3.61. The van der Waals surface area contributed by atoms with Crippen molar-refractivity contribution < 1.29 is 17.9 Å². The third kappa shape index (κ3) is 5.42. The highest BCUT2D eigenvalue weighted by molar-refractivity contribution is 7.89. The third-order valence-electron chi connectivity index (χ3n) is 5.04. The minimum absolute atomic E-state index is 0.0701. The maximum absolute atomic E-state index is 12.8. The Bertz CT molecular complexity index is 735. The van der Waals surface area contributed by atoms with Gasteiger partial charge in [0.2, 0.25) is 15.9 Å². The Hall–Kier alpha value is -1.19. The van der Waals surface area contributed by atoms with E-state index in [1.165, 1.54) is 16.4 Å². The number of carbonyl (C=O) groups is 1. The van der Waals surface area contributed by atoms with E-state index >= 15 is 0 Å². The van der Waals surface area contributed by atoms with Crippen LogP contribution in [0.1, 0.15) is 12.8 Å². The Morgan fingerprint density at radius 1 is 1.19 bits per heavy atom. The van der Waals surface area contributed by atoms with Crippen molar-refractivity contribution in [3.05, 3.63) is 29.3 Å². The van der Waals surface area contributed by atoms with Crippen molar-refractivity contribution >= 4 is 27.5 Å². The van der Waals surface area contributed by atoms with E-state index in [1.54, 1.807) is 12.1 Å². The number of piperidine rings is 1. The molecular weight excluding hydrogens is 390 g/mol. The monoisotopic (exact) mass is 415 g/mol. The summed E-state index contributed by atoms with van der Waals surface area (Å²) in [4.78, 5) is 15.0. The molecule has 1 aromatic carbocycles. The molecule has 2 heterocycles. The second kappa shape index (κ2) is 9.34. The van der Waals surface area contributed by atoms with Crippen molar-refractivity contribution in [1.82, 2.24) is 14.5 Å². The summed E-state index contributed by atoms with van der Waals surface area (Å²) in [6.07, 6.45) is 1.38. The molecule has 0 bridgehead atoms. The molecule has 1 aromatic rings. The van der Waals surface area contributed by atoms with Gasteiger partial charge in [-0.25, -0.2) is 8.42 Å². The summed E-state index contributed by atoms with van der Waals surface area (Å²) in [5, 5.41) is 3.45. The summed E-state index contributed by atoms with van der Waals surface area (Å²) >= 11 is 5.85. The number of halogens is 1. The lowest BCUT2D eigenvalue weighted by Gasteiger charge is -2.31. The maximum Gasteiger partial charge on any atom is 0.243 e. The molecule has 27 heavy (non-hydrogen) atoms. The minimum atomic E-state index is -3.61. The smallest absolute Gasteiger partial charge is 0.243 e. The zero-order valence-corrected chi connectivity index (χ0v) is 16.8. The van der Waals surface area contributed by atoms with E-state index < -0.39 is 10.0 Å². The molecule has 7 nitrogen and oxygen atoms in total. The van der Waals surface area contributed by atoms with Gasteiger partial charge in [-0.1, -0.05) is 11.6 Å². The van der Waals surface area contributed by atoms with Crippen LogP contribution in [-0.2, 0) is 19.6 Å². The fraction of sp³-hybridized carbons (Fsp3) is 0.611. The molecule has 0 aromatic heterocycles. The number of hydrogen-bond donors (Lipinski definition) is 1. The summed E-state index contributed by atoms with van der Waals surface area (Å²) in [6, 6.07) is 6.13. The number of rotatable bonds is 6. The van der Waals surface area contributed by atoms with Gasteiger partial charge in [0.15, 0.2) is 0 Å². The van der Waals surface area contributed by atoms with Crippen molar-refractivity contribution in [1.29, 1.82) is 0 Å². The standard InChI is InChI=1S/C18H26ClN3O4S/c19-16-3-5-17(6-4-16)27(24,25)22-8-1-2-15(14-22)18(23)20-7-9-21-10-12-26-13-11-21/h3-6,15H,1-2,7-14H2,(H,20,23). The number of hydrogen-bond acceptors (Lipinski definition) is 5. The molecule has 1 amide bonds. The van der Waals surface area contributed by atoms with Crippen LogP contribution in [0, 0.1) is 5.92 Å². The van der Waals surface area contributed by atoms with Crippen LogP contribution in [0.5, 0.6) is 0 Å². The Balaban J connectivity index is 1.53. The molecule has 1 unspecified atom stereocenters. The van der Waals surface area contributed by atoms with Gasteiger partial charge in [-0.15, -0.1) is 0 Å². The molecule has 2 saturated heterocycles. The molecule has 2 fully saturated rings. The summed E-state index contributed by atoms with van der Waals surface area (Å²) in [6.45, 7) is 5.23. The number of sulfonamides is 1. The van der Waals surface area contributed by atoms with Crippen LogP contribution in [0.15, 0.2) is 29.2 Å². The van der Waals surface area contributed by atoms with Crippen LogP contribution < -0.4 is 5.32 Å². The lowest BCUT2D eigenvalue weighted by atomic mass is 9.99. The number of nitrogens with zero attached hydrogens (tertiary/aromatic N) is 2. The van der Waals surface area contributed by atoms with E-state index in [4.69, 9.17) is 16.3 Å². The molecule has 150 valence electrons. The third-order valence-corrected chi connectivity index (χ3v) is 7.17. The average Bonchev–Trinajstić information content (AvgIpc) is 2.69. The normalized spacial score (nSPS) is 22.5. The van der Waals surface area contributed by atoms with E-state index in [0.717, 1.165) is 32.8 Å². The second-order valence-corrected chi connectivity index (χ2v) is 9.28. The molecule has 0 saturated carbocycles. The first kappa shape index (κ1) is 20.5. The van der Waals surface area contributed by atoms with Gasteiger partial charge in [-0.3, -0.25) is 9.69 Å². The van der Waals surface area contributed by atoms with Gasteiger partial charge in [0.05, 0.1) is 24.0 Å². The van der Waals surface area contributed by atoms with Crippen LogP contribution >= 0.6 is 11.6 Å². The van der Waals surface area contributed by atoms with Crippen LogP contribution in [0.25, 0.3) is 0 Å². The Labute approximate surface area is 165 Å². The molecule has 3 rings (SSSR count). The lowest BCUT2D eigenvalue weighted by Crippen LogP contribution is -2.47. The van der Waals surface area contributed by atoms with Gasteiger partial charge < -0.3 is 10.1 Å². The maximum atomic E-state index is 12.8. The number of benzene rings is 1. The van der Waals surface area contributed by atoms with Crippen LogP contribution in [0.2, 0.25) is 5.02 Å². The van der Waals surface area contributed by atoms with Crippen molar-refractivity contribution in [2.75, 3.05) is 52.5 Å². The van der Waals surface area contributed by atoms with Crippen molar-refractivity contribution in [2.24, 2.45) is 5.92 Å². The number of nitrogens with one attached hydrogen (secondary N) is 1.